The quantitative estimate of drug-likeness (QED) is 0.710. The van der Waals surface area contributed by atoms with Crippen molar-refractivity contribution in [2.24, 2.45) is 17.3 Å². The van der Waals surface area contributed by atoms with Crippen molar-refractivity contribution in [3.05, 3.63) is 20.8 Å². The first-order chi connectivity index (χ1) is 7.21. The number of fused-ring (bicyclic) bond motifs is 1. The summed E-state index contributed by atoms with van der Waals surface area (Å²) in [6.07, 6.45) is 5.42. The van der Waals surface area contributed by atoms with Crippen LogP contribution in [0, 0.1) is 17.3 Å². The maximum absolute atomic E-state index is 6.20. The van der Waals surface area contributed by atoms with Crippen LogP contribution in [0.2, 0.25) is 0 Å². The van der Waals surface area contributed by atoms with Crippen LogP contribution in [0.3, 0.4) is 0 Å². The highest BCUT2D eigenvalue weighted by molar-refractivity contribution is 9.10. The van der Waals surface area contributed by atoms with Gasteiger partial charge in [0.15, 0.2) is 0 Å². The van der Waals surface area contributed by atoms with E-state index in [1.54, 1.807) is 0 Å². The molecule has 1 aromatic heterocycles. The van der Waals surface area contributed by atoms with Gasteiger partial charge in [0.1, 0.15) is 0 Å². The van der Waals surface area contributed by atoms with Crippen LogP contribution in [0.5, 0.6) is 0 Å². The molecule has 15 heavy (non-hydrogen) atoms. The van der Waals surface area contributed by atoms with E-state index >= 15 is 0 Å². The molecule has 2 atom stereocenters. The molecular formula is C12H14BrClS. The summed E-state index contributed by atoms with van der Waals surface area (Å²) in [5.74, 6) is 2.88. The van der Waals surface area contributed by atoms with Crippen LogP contribution in [-0.2, 0) is 6.42 Å². The van der Waals surface area contributed by atoms with Crippen LogP contribution in [0.25, 0.3) is 0 Å². The molecule has 0 spiro atoms. The van der Waals surface area contributed by atoms with Crippen LogP contribution >= 0.6 is 38.9 Å². The minimum absolute atomic E-state index is 0.430. The molecule has 0 amide bonds. The second-order valence-corrected chi connectivity index (χ2v) is 7.38. The molecule has 0 bridgehead atoms. The summed E-state index contributed by atoms with van der Waals surface area (Å²) in [6, 6.07) is 2.25. The zero-order valence-electron chi connectivity index (χ0n) is 8.51. The third kappa shape index (κ3) is 2.01. The maximum Gasteiger partial charge on any atom is 0.0285 e. The summed E-state index contributed by atoms with van der Waals surface area (Å²) in [5, 5.41) is 2.17. The minimum atomic E-state index is 0.430. The van der Waals surface area contributed by atoms with Crippen LogP contribution in [-0.4, -0.2) is 5.88 Å². The van der Waals surface area contributed by atoms with E-state index in [-0.39, 0.29) is 0 Å². The van der Waals surface area contributed by atoms with E-state index in [9.17, 15) is 0 Å². The Morgan fingerprint density at radius 1 is 1.47 bits per heavy atom. The molecular weight excluding hydrogens is 292 g/mol. The highest BCUT2D eigenvalue weighted by Gasteiger charge is 2.53. The van der Waals surface area contributed by atoms with Gasteiger partial charge in [0.05, 0.1) is 0 Å². The number of hydrogen-bond donors (Lipinski definition) is 0. The lowest BCUT2D eigenvalue weighted by Gasteiger charge is -2.27. The Morgan fingerprint density at radius 2 is 2.20 bits per heavy atom. The molecule has 0 aliphatic heterocycles. The first kappa shape index (κ1) is 10.6. The monoisotopic (exact) mass is 304 g/mol. The average Bonchev–Trinajstić information content (AvgIpc) is 2.65. The molecule has 3 heteroatoms. The lowest BCUT2D eigenvalue weighted by molar-refractivity contribution is 0.305. The molecule has 2 aliphatic carbocycles. The topological polar surface area (TPSA) is 0 Å². The Balaban J connectivity index is 1.75. The third-order valence-electron chi connectivity index (χ3n) is 3.91. The van der Waals surface area contributed by atoms with Crippen LogP contribution < -0.4 is 0 Å². The molecule has 2 saturated carbocycles. The Bertz CT molecular complexity index is 363. The third-order valence-corrected chi connectivity index (χ3v) is 6.18. The van der Waals surface area contributed by atoms with Crippen LogP contribution in [0.1, 0.15) is 24.1 Å². The molecule has 0 aromatic carbocycles. The largest absolute Gasteiger partial charge is 0.148 e. The summed E-state index contributed by atoms with van der Waals surface area (Å²) in [4.78, 5) is 1.49. The number of halogens is 2. The SMILES string of the molecule is ClCC1(Cc2cc(Br)cs2)CC2CC2C1. The number of rotatable bonds is 3. The van der Waals surface area contributed by atoms with Crippen molar-refractivity contribution in [3.8, 4) is 0 Å². The smallest absolute Gasteiger partial charge is 0.0285 e. The fraction of sp³-hybridized carbons (Fsp3) is 0.667. The standard InChI is InChI=1S/C12H14BrClS/c13-10-2-11(15-6-10)5-12(7-14)3-8-1-9(8)4-12/h2,6,8-9H,1,3-5,7H2. The summed E-state index contributed by atoms with van der Waals surface area (Å²) in [5.41, 5.74) is 0.430. The van der Waals surface area contributed by atoms with Gasteiger partial charge in [-0.05, 0) is 64.9 Å². The highest BCUT2D eigenvalue weighted by Crippen LogP contribution is 2.61. The van der Waals surface area contributed by atoms with Gasteiger partial charge in [-0.25, -0.2) is 0 Å². The first-order valence-corrected chi connectivity index (χ1v) is 7.70. The van der Waals surface area contributed by atoms with E-state index in [1.165, 1.54) is 35.0 Å². The van der Waals surface area contributed by atoms with E-state index in [4.69, 9.17) is 11.6 Å². The maximum atomic E-state index is 6.20. The van der Waals surface area contributed by atoms with Gasteiger partial charge in [0.2, 0.25) is 0 Å². The van der Waals surface area contributed by atoms with Crippen LogP contribution in [0.4, 0.5) is 0 Å². The molecule has 0 radical (unpaired) electrons. The van der Waals surface area contributed by atoms with Crippen molar-refractivity contribution in [1.82, 2.24) is 0 Å². The van der Waals surface area contributed by atoms with Crippen molar-refractivity contribution >= 4 is 38.9 Å². The zero-order valence-corrected chi connectivity index (χ0v) is 11.7. The van der Waals surface area contributed by atoms with Gasteiger partial charge in [0, 0.05) is 20.6 Å². The molecule has 1 aromatic rings. The van der Waals surface area contributed by atoms with Gasteiger partial charge in [-0.3, -0.25) is 0 Å². The molecule has 2 fully saturated rings. The van der Waals surface area contributed by atoms with E-state index in [0.717, 1.165) is 17.7 Å². The van der Waals surface area contributed by atoms with Crippen molar-refractivity contribution in [2.45, 2.75) is 25.7 Å². The van der Waals surface area contributed by atoms with Crippen molar-refractivity contribution in [1.29, 1.82) is 0 Å². The molecule has 0 nitrogen and oxygen atoms in total. The van der Waals surface area contributed by atoms with Gasteiger partial charge in [-0.2, -0.15) is 0 Å². The number of thiophene rings is 1. The Morgan fingerprint density at radius 3 is 2.73 bits per heavy atom. The molecule has 82 valence electrons. The van der Waals surface area contributed by atoms with Crippen molar-refractivity contribution in [3.63, 3.8) is 0 Å². The summed E-state index contributed by atoms with van der Waals surface area (Å²) in [6.45, 7) is 0. The molecule has 2 unspecified atom stereocenters. The average molecular weight is 306 g/mol. The predicted molar refractivity (Wildman–Crippen MR) is 69.7 cm³/mol. The van der Waals surface area contributed by atoms with Crippen molar-refractivity contribution < 1.29 is 0 Å². The van der Waals surface area contributed by atoms with E-state index < -0.39 is 0 Å². The summed E-state index contributed by atoms with van der Waals surface area (Å²) in [7, 11) is 0. The molecule has 1 heterocycles. The normalized spacial score (nSPS) is 38.0. The fourth-order valence-electron chi connectivity index (χ4n) is 3.12. The Labute approximate surface area is 108 Å². The summed E-state index contributed by atoms with van der Waals surface area (Å²) >= 11 is 11.6. The first-order valence-electron chi connectivity index (χ1n) is 5.50. The number of hydrogen-bond acceptors (Lipinski definition) is 1. The second-order valence-electron chi connectivity index (χ2n) is 5.21. The molecule has 0 saturated heterocycles. The highest BCUT2D eigenvalue weighted by atomic mass is 79.9. The van der Waals surface area contributed by atoms with E-state index in [1.807, 2.05) is 11.3 Å². The van der Waals surface area contributed by atoms with Gasteiger partial charge in [0.25, 0.3) is 0 Å². The van der Waals surface area contributed by atoms with Crippen molar-refractivity contribution in [2.75, 3.05) is 5.88 Å². The van der Waals surface area contributed by atoms with Gasteiger partial charge < -0.3 is 0 Å². The molecule has 2 aliphatic rings. The fourth-order valence-corrected chi connectivity index (χ4v) is 5.06. The lowest BCUT2D eigenvalue weighted by atomic mass is 9.81. The number of alkyl halides is 1. The molecule has 0 N–H and O–H groups in total. The Kier molecular flexibility index (Phi) is 2.65. The van der Waals surface area contributed by atoms with E-state index in [2.05, 4.69) is 27.4 Å². The van der Waals surface area contributed by atoms with Gasteiger partial charge in [-0.15, -0.1) is 22.9 Å². The Hall–Kier alpha value is 0.470. The minimum Gasteiger partial charge on any atom is -0.148 e. The summed E-state index contributed by atoms with van der Waals surface area (Å²) < 4.78 is 1.22. The molecule has 3 rings (SSSR count). The van der Waals surface area contributed by atoms with Gasteiger partial charge in [-0.1, -0.05) is 0 Å². The zero-order chi connectivity index (χ0) is 10.5. The lowest BCUT2D eigenvalue weighted by Crippen LogP contribution is -2.23. The second kappa shape index (κ2) is 3.75. The van der Waals surface area contributed by atoms with E-state index in [0.29, 0.717) is 5.41 Å². The van der Waals surface area contributed by atoms with Crippen LogP contribution in [0.15, 0.2) is 15.9 Å². The van der Waals surface area contributed by atoms with Gasteiger partial charge >= 0.3 is 0 Å². The predicted octanol–water partition coefficient (Wildman–Crippen LogP) is 4.71.